The Morgan fingerprint density at radius 3 is 2.57 bits per heavy atom. The first kappa shape index (κ1) is 16.5. The number of para-hydroxylation sites is 1. The summed E-state index contributed by atoms with van der Waals surface area (Å²) in [6.07, 6.45) is 2.61. The van der Waals surface area contributed by atoms with E-state index in [1.165, 1.54) is 0 Å². The number of aryl methyl sites for hydroxylation is 1. The average molecular weight is 312 g/mol. The summed E-state index contributed by atoms with van der Waals surface area (Å²) in [6.45, 7) is 0. The van der Waals surface area contributed by atoms with Gasteiger partial charge in [-0.1, -0.05) is 36.4 Å². The van der Waals surface area contributed by atoms with E-state index in [2.05, 4.69) is 10.5 Å². The van der Waals surface area contributed by atoms with Crippen LogP contribution in [0, 0.1) is 0 Å². The van der Waals surface area contributed by atoms with Gasteiger partial charge in [0.15, 0.2) is 11.5 Å². The molecule has 0 aliphatic rings. The number of amides is 1. The van der Waals surface area contributed by atoms with Crippen LogP contribution in [0.15, 0.2) is 53.6 Å². The van der Waals surface area contributed by atoms with Crippen LogP contribution in [0.4, 0.5) is 0 Å². The SMILES string of the molecule is COc1cccc(C=NNC(=O)CCc2ccccc2)c1OC. The Balaban J connectivity index is 1.90. The van der Waals surface area contributed by atoms with E-state index in [-0.39, 0.29) is 5.91 Å². The molecule has 0 unspecified atom stereocenters. The largest absolute Gasteiger partial charge is 0.493 e. The van der Waals surface area contributed by atoms with Gasteiger partial charge in [-0.05, 0) is 24.1 Å². The van der Waals surface area contributed by atoms with Gasteiger partial charge in [0, 0.05) is 12.0 Å². The zero-order valence-electron chi connectivity index (χ0n) is 13.3. The van der Waals surface area contributed by atoms with Crippen molar-refractivity contribution < 1.29 is 14.3 Å². The molecular weight excluding hydrogens is 292 g/mol. The predicted octanol–water partition coefficient (Wildman–Crippen LogP) is 2.79. The summed E-state index contributed by atoms with van der Waals surface area (Å²) in [7, 11) is 3.14. The Kier molecular flexibility index (Phi) is 6.17. The third kappa shape index (κ3) is 4.85. The minimum atomic E-state index is -0.132. The summed E-state index contributed by atoms with van der Waals surface area (Å²) >= 11 is 0. The fraction of sp³-hybridized carbons (Fsp3) is 0.222. The first-order valence-corrected chi connectivity index (χ1v) is 7.31. The number of carbonyl (C=O) groups is 1. The Bertz CT molecular complexity index is 669. The molecule has 0 aliphatic heterocycles. The third-order valence-electron chi connectivity index (χ3n) is 3.31. The van der Waals surface area contributed by atoms with E-state index in [4.69, 9.17) is 9.47 Å². The highest BCUT2D eigenvalue weighted by molar-refractivity contribution is 5.86. The summed E-state index contributed by atoms with van der Waals surface area (Å²) in [5, 5.41) is 3.98. The van der Waals surface area contributed by atoms with Crippen LogP contribution in [0.25, 0.3) is 0 Å². The molecule has 2 rings (SSSR count). The molecule has 0 aromatic heterocycles. The summed E-state index contributed by atoms with van der Waals surface area (Å²) in [6, 6.07) is 15.3. The van der Waals surface area contributed by atoms with E-state index in [0.717, 1.165) is 11.1 Å². The van der Waals surface area contributed by atoms with Gasteiger partial charge >= 0.3 is 0 Å². The lowest BCUT2D eigenvalue weighted by Crippen LogP contribution is -2.17. The van der Waals surface area contributed by atoms with Crippen molar-refractivity contribution in [3.05, 3.63) is 59.7 Å². The number of carbonyl (C=O) groups excluding carboxylic acids is 1. The van der Waals surface area contributed by atoms with E-state index in [1.807, 2.05) is 42.5 Å². The molecule has 120 valence electrons. The number of hydrogen-bond donors (Lipinski definition) is 1. The standard InChI is InChI=1S/C18H20N2O3/c1-22-16-10-6-9-15(18(16)23-2)13-19-20-17(21)12-11-14-7-4-3-5-8-14/h3-10,13H,11-12H2,1-2H3,(H,20,21). The van der Waals surface area contributed by atoms with Crippen LogP contribution < -0.4 is 14.9 Å². The number of hydrazone groups is 1. The van der Waals surface area contributed by atoms with Crippen LogP contribution in [0.3, 0.4) is 0 Å². The van der Waals surface area contributed by atoms with Crippen LogP contribution in [0.2, 0.25) is 0 Å². The fourth-order valence-electron chi connectivity index (χ4n) is 2.15. The van der Waals surface area contributed by atoms with Crippen molar-refractivity contribution in [2.45, 2.75) is 12.8 Å². The molecule has 0 bridgehead atoms. The highest BCUT2D eigenvalue weighted by Gasteiger charge is 2.07. The highest BCUT2D eigenvalue weighted by atomic mass is 16.5. The Hall–Kier alpha value is -2.82. The molecule has 0 aliphatic carbocycles. The highest BCUT2D eigenvalue weighted by Crippen LogP contribution is 2.29. The molecule has 0 fully saturated rings. The second-order valence-corrected chi connectivity index (χ2v) is 4.86. The molecule has 0 spiro atoms. The normalized spacial score (nSPS) is 10.5. The summed E-state index contributed by atoms with van der Waals surface area (Å²) in [4.78, 5) is 11.8. The first-order valence-electron chi connectivity index (χ1n) is 7.31. The zero-order valence-corrected chi connectivity index (χ0v) is 13.3. The molecule has 5 heteroatoms. The molecule has 0 radical (unpaired) electrons. The number of hydrogen-bond acceptors (Lipinski definition) is 4. The molecule has 0 saturated carbocycles. The summed E-state index contributed by atoms with van der Waals surface area (Å²) in [5.74, 6) is 1.07. The number of ether oxygens (including phenoxy) is 2. The van der Waals surface area contributed by atoms with E-state index >= 15 is 0 Å². The van der Waals surface area contributed by atoms with Crippen LogP contribution >= 0.6 is 0 Å². The Morgan fingerprint density at radius 1 is 1.09 bits per heavy atom. The zero-order chi connectivity index (χ0) is 16.5. The second-order valence-electron chi connectivity index (χ2n) is 4.86. The van der Waals surface area contributed by atoms with Gasteiger partial charge in [0.1, 0.15) is 0 Å². The van der Waals surface area contributed by atoms with E-state index in [1.54, 1.807) is 26.5 Å². The molecule has 2 aromatic rings. The lowest BCUT2D eigenvalue weighted by molar-refractivity contribution is -0.121. The van der Waals surface area contributed by atoms with Crippen molar-refractivity contribution in [1.29, 1.82) is 0 Å². The van der Waals surface area contributed by atoms with Gasteiger partial charge < -0.3 is 9.47 Å². The number of nitrogens with zero attached hydrogens (tertiary/aromatic N) is 1. The van der Waals surface area contributed by atoms with Gasteiger partial charge in [0.25, 0.3) is 0 Å². The van der Waals surface area contributed by atoms with Gasteiger partial charge in [0.05, 0.1) is 20.4 Å². The van der Waals surface area contributed by atoms with Crippen molar-refractivity contribution in [2.24, 2.45) is 5.10 Å². The topological polar surface area (TPSA) is 59.9 Å². The molecule has 0 saturated heterocycles. The van der Waals surface area contributed by atoms with Crippen LogP contribution in [-0.4, -0.2) is 26.3 Å². The molecule has 2 aromatic carbocycles. The smallest absolute Gasteiger partial charge is 0.240 e. The van der Waals surface area contributed by atoms with Gasteiger partial charge in [0.2, 0.25) is 5.91 Å². The van der Waals surface area contributed by atoms with Gasteiger partial charge in [-0.25, -0.2) is 5.43 Å². The number of nitrogens with one attached hydrogen (secondary N) is 1. The lowest BCUT2D eigenvalue weighted by atomic mass is 10.1. The molecule has 1 amide bonds. The van der Waals surface area contributed by atoms with Gasteiger partial charge in [-0.2, -0.15) is 5.10 Å². The van der Waals surface area contributed by atoms with Gasteiger partial charge in [-0.15, -0.1) is 0 Å². The first-order chi connectivity index (χ1) is 11.2. The van der Waals surface area contributed by atoms with Crippen molar-refractivity contribution in [2.75, 3.05) is 14.2 Å². The Morgan fingerprint density at radius 2 is 1.87 bits per heavy atom. The lowest BCUT2D eigenvalue weighted by Gasteiger charge is -2.09. The Labute approximate surface area is 135 Å². The average Bonchev–Trinajstić information content (AvgIpc) is 2.60. The van der Waals surface area contributed by atoms with E-state index in [0.29, 0.717) is 24.3 Å². The minimum absolute atomic E-state index is 0.132. The quantitative estimate of drug-likeness (QED) is 0.632. The molecular formula is C18H20N2O3. The second kappa shape index (κ2) is 8.58. The molecule has 5 nitrogen and oxygen atoms in total. The third-order valence-corrected chi connectivity index (χ3v) is 3.31. The molecule has 23 heavy (non-hydrogen) atoms. The number of rotatable bonds is 7. The van der Waals surface area contributed by atoms with Crippen LogP contribution in [0.5, 0.6) is 11.5 Å². The van der Waals surface area contributed by atoms with E-state index in [9.17, 15) is 4.79 Å². The number of methoxy groups -OCH3 is 2. The van der Waals surface area contributed by atoms with Crippen molar-refractivity contribution in [3.63, 3.8) is 0 Å². The monoisotopic (exact) mass is 312 g/mol. The van der Waals surface area contributed by atoms with Crippen molar-refractivity contribution in [3.8, 4) is 11.5 Å². The maximum absolute atomic E-state index is 11.8. The van der Waals surface area contributed by atoms with E-state index < -0.39 is 0 Å². The molecule has 1 N–H and O–H groups in total. The van der Waals surface area contributed by atoms with Crippen molar-refractivity contribution in [1.82, 2.24) is 5.43 Å². The van der Waals surface area contributed by atoms with Crippen LogP contribution in [-0.2, 0) is 11.2 Å². The van der Waals surface area contributed by atoms with Gasteiger partial charge in [-0.3, -0.25) is 4.79 Å². The predicted molar refractivity (Wildman–Crippen MR) is 90.0 cm³/mol. The number of benzene rings is 2. The molecule has 0 heterocycles. The minimum Gasteiger partial charge on any atom is -0.493 e. The maximum Gasteiger partial charge on any atom is 0.240 e. The summed E-state index contributed by atoms with van der Waals surface area (Å²) < 4.78 is 10.5. The maximum atomic E-state index is 11.8. The van der Waals surface area contributed by atoms with Crippen molar-refractivity contribution >= 4 is 12.1 Å². The molecule has 0 atom stereocenters. The summed E-state index contributed by atoms with van der Waals surface area (Å²) in [5.41, 5.74) is 4.38. The van der Waals surface area contributed by atoms with Crippen LogP contribution in [0.1, 0.15) is 17.5 Å². The fourth-order valence-corrected chi connectivity index (χ4v) is 2.15.